The maximum absolute atomic E-state index is 12.4. The van der Waals surface area contributed by atoms with E-state index in [9.17, 15) is 9.59 Å². The molecule has 0 fully saturated rings. The van der Waals surface area contributed by atoms with Crippen molar-refractivity contribution in [3.63, 3.8) is 0 Å². The van der Waals surface area contributed by atoms with Gasteiger partial charge in [0.05, 0.1) is 16.8 Å². The predicted molar refractivity (Wildman–Crippen MR) is 96.4 cm³/mol. The molecule has 0 spiro atoms. The number of carbonyl (C=O) groups excluding carboxylic acids is 2. The number of hydrogen-bond donors (Lipinski definition) is 0. The number of nitrogens with zero attached hydrogens (tertiary/aromatic N) is 5. The van der Waals surface area contributed by atoms with Crippen LogP contribution < -0.4 is 0 Å². The van der Waals surface area contributed by atoms with Gasteiger partial charge in [-0.25, -0.2) is 0 Å². The molecule has 1 aromatic heterocycles. The fourth-order valence-electron chi connectivity index (χ4n) is 2.89. The van der Waals surface area contributed by atoms with Crippen LogP contribution in [-0.2, 0) is 0 Å². The van der Waals surface area contributed by atoms with Gasteiger partial charge in [0.2, 0.25) is 5.16 Å². The molecule has 0 atom stereocenters. The van der Waals surface area contributed by atoms with Crippen molar-refractivity contribution in [3.05, 3.63) is 65.2 Å². The fourth-order valence-corrected chi connectivity index (χ4v) is 3.70. The first-order chi connectivity index (χ1) is 12.7. The second-order valence-corrected chi connectivity index (χ2v) is 6.88. The lowest BCUT2D eigenvalue weighted by Gasteiger charge is -2.13. The summed E-state index contributed by atoms with van der Waals surface area (Å²) in [5.74, 6) is 0.0203. The Morgan fingerprint density at radius 2 is 1.62 bits per heavy atom. The Morgan fingerprint density at radius 3 is 2.31 bits per heavy atom. The molecule has 0 saturated heterocycles. The Labute approximate surface area is 154 Å². The highest BCUT2D eigenvalue weighted by Crippen LogP contribution is 2.24. The summed E-state index contributed by atoms with van der Waals surface area (Å²) >= 11 is 1.41. The number of fused-ring (bicyclic) bond motifs is 1. The molecule has 8 heteroatoms. The Bertz CT molecular complexity index is 966. The number of rotatable bonds is 5. The molecule has 0 radical (unpaired) electrons. The van der Waals surface area contributed by atoms with Crippen molar-refractivity contribution in [2.24, 2.45) is 0 Å². The number of benzene rings is 2. The number of imide groups is 1. The van der Waals surface area contributed by atoms with Gasteiger partial charge in [-0.05, 0) is 41.1 Å². The lowest BCUT2D eigenvalue weighted by atomic mass is 10.1. The van der Waals surface area contributed by atoms with Gasteiger partial charge < -0.3 is 0 Å². The van der Waals surface area contributed by atoms with Gasteiger partial charge in [0.15, 0.2) is 0 Å². The number of thioether (sulfide) groups is 1. The van der Waals surface area contributed by atoms with Crippen molar-refractivity contribution in [2.75, 3.05) is 12.3 Å². The zero-order valence-electron chi connectivity index (χ0n) is 14.0. The molecule has 2 aromatic carbocycles. The molecule has 130 valence electrons. The number of aromatic nitrogens is 4. The Morgan fingerprint density at radius 1 is 0.962 bits per heavy atom. The van der Waals surface area contributed by atoms with Gasteiger partial charge in [-0.2, -0.15) is 4.68 Å². The van der Waals surface area contributed by atoms with Crippen LogP contribution in [0.5, 0.6) is 0 Å². The summed E-state index contributed by atoms with van der Waals surface area (Å²) in [6.07, 6.45) is 0. The van der Waals surface area contributed by atoms with Crippen LogP contribution in [0.25, 0.3) is 5.69 Å². The van der Waals surface area contributed by atoms with Crippen LogP contribution in [0, 0.1) is 6.92 Å². The number of aryl methyl sites for hydroxylation is 1. The van der Waals surface area contributed by atoms with Crippen molar-refractivity contribution in [2.45, 2.75) is 12.1 Å². The highest BCUT2D eigenvalue weighted by molar-refractivity contribution is 7.99. The summed E-state index contributed by atoms with van der Waals surface area (Å²) < 4.78 is 1.67. The highest BCUT2D eigenvalue weighted by Gasteiger charge is 2.34. The van der Waals surface area contributed by atoms with E-state index >= 15 is 0 Å². The number of tetrazole rings is 1. The van der Waals surface area contributed by atoms with E-state index in [2.05, 4.69) is 15.5 Å². The van der Waals surface area contributed by atoms with Gasteiger partial charge in [-0.1, -0.05) is 42.1 Å². The van der Waals surface area contributed by atoms with Crippen molar-refractivity contribution in [1.29, 1.82) is 0 Å². The first kappa shape index (κ1) is 16.5. The summed E-state index contributed by atoms with van der Waals surface area (Å²) in [5, 5.41) is 12.5. The molecule has 1 aliphatic heterocycles. The van der Waals surface area contributed by atoms with Crippen LogP contribution in [0.3, 0.4) is 0 Å². The second-order valence-electron chi connectivity index (χ2n) is 5.82. The van der Waals surface area contributed by atoms with E-state index in [1.807, 2.05) is 31.2 Å². The number of amides is 2. The van der Waals surface area contributed by atoms with Gasteiger partial charge in [0.25, 0.3) is 11.8 Å². The third-order valence-electron chi connectivity index (χ3n) is 4.21. The third kappa shape index (κ3) is 2.78. The molecule has 2 amide bonds. The topological polar surface area (TPSA) is 81.0 Å². The van der Waals surface area contributed by atoms with Crippen LogP contribution in [0.15, 0.2) is 53.7 Å². The highest BCUT2D eigenvalue weighted by atomic mass is 32.2. The molecule has 4 rings (SSSR count). The van der Waals surface area contributed by atoms with Crippen LogP contribution >= 0.6 is 11.8 Å². The van der Waals surface area contributed by atoms with Gasteiger partial charge >= 0.3 is 0 Å². The fraction of sp³-hybridized carbons (Fsp3) is 0.167. The van der Waals surface area contributed by atoms with E-state index in [1.165, 1.54) is 16.7 Å². The van der Waals surface area contributed by atoms with Crippen LogP contribution in [-0.4, -0.2) is 49.2 Å². The minimum absolute atomic E-state index is 0.246. The van der Waals surface area contributed by atoms with E-state index in [-0.39, 0.29) is 11.8 Å². The van der Waals surface area contributed by atoms with Crippen LogP contribution in [0.4, 0.5) is 0 Å². The average molecular weight is 365 g/mol. The molecular weight excluding hydrogens is 350 g/mol. The van der Waals surface area contributed by atoms with Crippen molar-refractivity contribution in [3.8, 4) is 5.69 Å². The monoisotopic (exact) mass is 365 g/mol. The van der Waals surface area contributed by atoms with Gasteiger partial charge in [-0.3, -0.25) is 14.5 Å². The summed E-state index contributed by atoms with van der Waals surface area (Å²) in [4.78, 5) is 26.0. The molecule has 1 aliphatic rings. The first-order valence-corrected chi connectivity index (χ1v) is 9.08. The standard InChI is InChI=1S/C18H15N5O2S/c1-12-6-2-5-9-15(12)23-18(19-20-21-23)26-11-10-22-16(24)13-7-3-4-8-14(13)17(22)25/h2-9H,10-11H2,1H3. The minimum atomic E-state index is -0.246. The molecule has 0 bridgehead atoms. The van der Waals surface area contributed by atoms with Crippen LogP contribution in [0.2, 0.25) is 0 Å². The van der Waals surface area contributed by atoms with E-state index in [0.717, 1.165) is 11.3 Å². The number of hydrogen-bond acceptors (Lipinski definition) is 6. The molecule has 26 heavy (non-hydrogen) atoms. The normalized spacial score (nSPS) is 13.3. The molecule has 0 N–H and O–H groups in total. The quantitative estimate of drug-likeness (QED) is 0.510. The Kier molecular flexibility index (Phi) is 4.26. The van der Waals surface area contributed by atoms with E-state index in [1.54, 1.807) is 28.9 Å². The summed E-state index contributed by atoms with van der Waals surface area (Å²) in [6.45, 7) is 2.29. The van der Waals surface area contributed by atoms with Gasteiger partial charge in [-0.15, -0.1) is 5.10 Å². The van der Waals surface area contributed by atoms with Crippen molar-refractivity contribution >= 4 is 23.6 Å². The van der Waals surface area contributed by atoms with Crippen molar-refractivity contribution < 1.29 is 9.59 Å². The smallest absolute Gasteiger partial charge is 0.261 e. The molecule has 0 saturated carbocycles. The SMILES string of the molecule is Cc1ccccc1-n1nnnc1SCCN1C(=O)c2ccccc2C1=O. The molecular formula is C18H15N5O2S. The molecule has 7 nitrogen and oxygen atoms in total. The van der Waals surface area contributed by atoms with Crippen molar-refractivity contribution in [1.82, 2.24) is 25.1 Å². The molecule has 0 unspecified atom stereocenters. The zero-order valence-corrected chi connectivity index (χ0v) is 14.8. The minimum Gasteiger partial charge on any atom is -0.273 e. The lowest BCUT2D eigenvalue weighted by Crippen LogP contribution is -2.31. The number of carbonyl (C=O) groups is 2. The Balaban J connectivity index is 1.46. The summed E-state index contributed by atoms with van der Waals surface area (Å²) in [5.41, 5.74) is 2.89. The van der Waals surface area contributed by atoms with E-state index < -0.39 is 0 Å². The maximum Gasteiger partial charge on any atom is 0.261 e. The number of para-hydroxylation sites is 1. The van der Waals surface area contributed by atoms with E-state index in [4.69, 9.17) is 0 Å². The second kappa shape index (κ2) is 6.72. The van der Waals surface area contributed by atoms with Gasteiger partial charge in [0.1, 0.15) is 0 Å². The van der Waals surface area contributed by atoms with E-state index in [0.29, 0.717) is 28.6 Å². The maximum atomic E-state index is 12.4. The molecule has 0 aliphatic carbocycles. The zero-order chi connectivity index (χ0) is 18.1. The predicted octanol–water partition coefficient (Wildman–Crippen LogP) is 2.36. The lowest BCUT2D eigenvalue weighted by molar-refractivity contribution is 0.0664. The molecule has 3 aromatic rings. The summed E-state index contributed by atoms with van der Waals surface area (Å²) in [6, 6.07) is 14.7. The average Bonchev–Trinajstić information content (AvgIpc) is 3.21. The largest absolute Gasteiger partial charge is 0.273 e. The Hall–Kier alpha value is -3.00. The van der Waals surface area contributed by atoms with Crippen LogP contribution in [0.1, 0.15) is 26.3 Å². The summed E-state index contributed by atoms with van der Waals surface area (Å²) in [7, 11) is 0. The molecule has 2 heterocycles. The third-order valence-corrected chi connectivity index (χ3v) is 5.11. The first-order valence-electron chi connectivity index (χ1n) is 8.09. The van der Waals surface area contributed by atoms with Gasteiger partial charge in [0, 0.05) is 12.3 Å².